The number of nitrogens with zero attached hydrogens (tertiary/aromatic N) is 1. The van der Waals surface area contributed by atoms with Crippen molar-refractivity contribution in [2.75, 3.05) is 20.8 Å². The highest BCUT2D eigenvalue weighted by molar-refractivity contribution is 5.50. The van der Waals surface area contributed by atoms with Gasteiger partial charge >= 0.3 is 0 Å². The van der Waals surface area contributed by atoms with Gasteiger partial charge in [0.2, 0.25) is 11.7 Å². The molecular formula is C19H29NO9. The molecule has 3 unspecified atom stereocenters. The van der Waals surface area contributed by atoms with E-state index in [1.165, 1.54) is 20.3 Å². The number of piperidine rings is 1. The summed E-state index contributed by atoms with van der Waals surface area (Å²) in [5.41, 5.74) is -3.31. The molecule has 1 aromatic rings. The lowest BCUT2D eigenvalue weighted by molar-refractivity contribution is -0.448. The molecular weight excluding hydrogens is 386 g/mol. The molecule has 10 heteroatoms. The minimum absolute atomic E-state index is 0.0723. The van der Waals surface area contributed by atoms with Gasteiger partial charge in [-0.25, -0.2) is 4.90 Å². The molecule has 3 rings (SSSR count). The van der Waals surface area contributed by atoms with Gasteiger partial charge in [-0.1, -0.05) is 0 Å². The van der Waals surface area contributed by atoms with Gasteiger partial charge in [-0.15, -0.1) is 0 Å². The topological polar surface area (TPSA) is 163 Å². The quantitative estimate of drug-likeness (QED) is 0.279. The van der Waals surface area contributed by atoms with E-state index in [9.17, 15) is 35.7 Å². The number of methoxy groups -OCH3 is 2. The molecule has 7 N–H and O–H groups in total. The summed E-state index contributed by atoms with van der Waals surface area (Å²) in [7, 11) is 2.88. The molecule has 0 spiro atoms. The number of aliphatic hydroxyl groups is 7. The summed E-state index contributed by atoms with van der Waals surface area (Å²) in [4.78, 5) is 0.887. The minimum atomic E-state index is -3.07. The summed E-state index contributed by atoms with van der Waals surface area (Å²) >= 11 is 0. The molecule has 0 bridgehead atoms. The van der Waals surface area contributed by atoms with E-state index in [0.29, 0.717) is 17.1 Å². The van der Waals surface area contributed by atoms with E-state index >= 15 is 0 Å². The maximum atomic E-state index is 11.4. The van der Waals surface area contributed by atoms with Crippen LogP contribution in [0.3, 0.4) is 0 Å². The van der Waals surface area contributed by atoms with E-state index < -0.39 is 41.5 Å². The molecule has 29 heavy (non-hydrogen) atoms. The van der Waals surface area contributed by atoms with Gasteiger partial charge in [0.25, 0.3) is 0 Å². The maximum absolute atomic E-state index is 11.4. The molecule has 3 atom stereocenters. The maximum Gasteiger partial charge on any atom is 0.238 e. The number of ether oxygens (including phenoxy) is 2. The van der Waals surface area contributed by atoms with Crippen LogP contribution in [0.5, 0.6) is 11.5 Å². The molecule has 0 saturated carbocycles. The Morgan fingerprint density at radius 2 is 1.59 bits per heavy atom. The van der Waals surface area contributed by atoms with Crippen molar-refractivity contribution in [3.63, 3.8) is 0 Å². The summed E-state index contributed by atoms with van der Waals surface area (Å²) in [5.74, 6) is -7.41. The van der Waals surface area contributed by atoms with Crippen LogP contribution in [0.4, 0.5) is 0 Å². The average molecular weight is 415 g/mol. The van der Waals surface area contributed by atoms with Crippen LogP contribution < -0.4 is 9.47 Å². The van der Waals surface area contributed by atoms with Crippen molar-refractivity contribution >= 4 is 0 Å². The van der Waals surface area contributed by atoms with E-state index in [1.54, 1.807) is 6.07 Å². The van der Waals surface area contributed by atoms with Gasteiger partial charge in [0.1, 0.15) is 11.5 Å². The monoisotopic (exact) mass is 415 g/mol. The van der Waals surface area contributed by atoms with Crippen LogP contribution in [0.15, 0.2) is 12.1 Å². The van der Waals surface area contributed by atoms with E-state index in [1.807, 2.05) is 0 Å². The molecule has 2 aliphatic heterocycles. The first-order valence-electron chi connectivity index (χ1n) is 9.27. The third-order valence-electron chi connectivity index (χ3n) is 6.12. The fourth-order valence-corrected chi connectivity index (χ4v) is 4.47. The van der Waals surface area contributed by atoms with Gasteiger partial charge in [-0.2, -0.15) is 0 Å². The van der Waals surface area contributed by atoms with Crippen molar-refractivity contribution in [2.24, 2.45) is 5.92 Å². The second-order valence-corrected chi connectivity index (χ2v) is 8.30. The van der Waals surface area contributed by atoms with Crippen molar-refractivity contribution in [2.45, 2.75) is 55.8 Å². The van der Waals surface area contributed by atoms with E-state index in [0.717, 1.165) is 18.7 Å². The van der Waals surface area contributed by atoms with Gasteiger partial charge < -0.3 is 45.2 Å². The summed E-state index contributed by atoms with van der Waals surface area (Å²) in [6.45, 7) is 2.07. The SMILES string of the molecule is COc1cc2c(cc1OC)C1(O)CC(O)C(C(O)(O)C(C)(C)O)C(O)(O)N1CC2. The third kappa shape index (κ3) is 3.11. The molecule has 0 aromatic heterocycles. The molecule has 1 saturated heterocycles. The molecule has 164 valence electrons. The van der Waals surface area contributed by atoms with Crippen molar-refractivity contribution in [1.82, 2.24) is 4.90 Å². The lowest BCUT2D eigenvalue weighted by Gasteiger charge is -2.60. The minimum Gasteiger partial charge on any atom is -0.493 e. The average Bonchev–Trinajstić information content (AvgIpc) is 2.58. The first-order valence-corrected chi connectivity index (χ1v) is 9.27. The Balaban J connectivity index is 2.13. The first-order chi connectivity index (χ1) is 13.2. The van der Waals surface area contributed by atoms with Gasteiger partial charge in [0.05, 0.1) is 20.3 Å². The fraction of sp³-hybridized carbons (Fsp3) is 0.684. The number of hydrogen-bond acceptors (Lipinski definition) is 10. The predicted octanol–water partition coefficient (Wildman–Crippen LogP) is -1.82. The zero-order valence-corrected chi connectivity index (χ0v) is 16.8. The lowest BCUT2D eigenvalue weighted by Crippen LogP contribution is -2.77. The molecule has 0 amide bonds. The highest BCUT2D eigenvalue weighted by Gasteiger charge is 2.68. The van der Waals surface area contributed by atoms with Crippen LogP contribution in [0.1, 0.15) is 31.4 Å². The Bertz CT molecular complexity index is 789. The lowest BCUT2D eigenvalue weighted by atomic mass is 9.70. The summed E-state index contributed by atoms with van der Waals surface area (Å²) in [6.07, 6.45) is -1.98. The van der Waals surface area contributed by atoms with Crippen LogP contribution >= 0.6 is 0 Å². The van der Waals surface area contributed by atoms with Crippen LogP contribution in [0.2, 0.25) is 0 Å². The molecule has 2 aliphatic rings. The smallest absolute Gasteiger partial charge is 0.238 e. The third-order valence-corrected chi connectivity index (χ3v) is 6.12. The summed E-state index contributed by atoms with van der Waals surface area (Å²) in [5, 5.41) is 75.0. The second-order valence-electron chi connectivity index (χ2n) is 8.30. The van der Waals surface area contributed by atoms with Crippen molar-refractivity contribution in [1.29, 1.82) is 0 Å². The predicted molar refractivity (Wildman–Crippen MR) is 98.6 cm³/mol. The van der Waals surface area contributed by atoms with Gasteiger partial charge in [-0.3, -0.25) is 0 Å². The zero-order chi connectivity index (χ0) is 22.0. The highest BCUT2D eigenvalue weighted by atomic mass is 16.6. The summed E-state index contributed by atoms with van der Waals surface area (Å²) < 4.78 is 10.5. The fourth-order valence-electron chi connectivity index (χ4n) is 4.47. The number of aliphatic hydroxyl groups excluding tert-OH is 1. The highest BCUT2D eigenvalue weighted by Crippen LogP contribution is 2.52. The Kier molecular flexibility index (Phi) is 5.17. The van der Waals surface area contributed by atoms with Crippen LogP contribution in [0.25, 0.3) is 0 Å². The Morgan fingerprint density at radius 3 is 2.10 bits per heavy atom. The molecule has 0 aliphatic carbocycles. The Morgan fingerprint density at radius 1 is 1.03 bits per heavy atom. The zero-order valence-electron chi connectivity index (χ0n) is 16.8. The number of fused-ring (bicyclic) bond motifs is 3. The van der Waals surface area contributed by atoms with Crippen molar-refractivity contribution < 1.29 is 45.2 Å². The molecule has 0 radical (unpaired) electrons. The number of rotatable bonds is 4. The van der Waals surface area contributed by atoms with Crippen LogP contribution in [0, 0.1) is 5.92 Å². The van der Waals surface area contributed by atoms with Gasteiger partial charge in [0, 0.05) is 18.5 Å². The Labute approximate surface area is 168 Å². The number of benzene rings is 1. The van der Waals surface area contributed by atoms with E-state index in [-0.39, 0.29) is 18.5 Å². The second kappa shape index (κ2) is 6.76. The van der Waals surface area contributed by atoms with Crippen LogP contribution in [-0.4, -0.2) is 84.8 Å². The van der Waals surface area contributed by atoms with Crippen LogP contribution in [-0.2, 0) is 12.1 Å². The molecule has 1 fully saturated rings. The number of hydrogen-bond donors (Lipinski definition) is 7. The van der Waals surface area contributed by atoms with E-state index in [4.69, 9.17) is 9.47 Å². The molecule has 1 aromatic carbocycles. The summed E-state index contributed by atoms with van der Waals surface area (Å²) in [6, 6.07) is 3.15. The van der Waals surface area contributed by atoms with Crippen molar-refractivity contribution in [3.05, 3.63) is 23.3 Å². The normalized spacial score (nSPS) is 29.8. The van der Waals surface area contributed by atoms with E-state index in [2.05, 4.69) is 0 Å². The van der Waals surface area contributed by atoms with Crippen molar-refractivity contribution in [3.8, 4) is 11.5 Å². The van der Waals surface area contributed by atoms with Gasteiger partial charge in [0.15, 0.2) is 17.2 Å². The largest absolute Gasteiger partial charge is 0.493 e. The van der Waals surface area contributed by atoms with Gasteiger partial charge in [-0.05, 0) is 38.0 Å². The Hall–Kier alpha value is -1.50. The standard InChI is InChI=1S/C19H29NO9/c1-16(2,22)18(24,25)15-12(21)9-17(23)11-8-14(29-4)13(28-3)7-10(11)5-6-20(17)19(15,26)27/h7-8,12,15,21-27H,5-6,9H2,1-4H3. The first kappa shape index (κ1) is 22.2. The molecule has 10 nitrogen and oxygen atoms in total. The molecule has 2 heterocycles.